The third-order valence-electron chi connectivity index (χ3n) is 2.70. The molecular weight excluding hydrogens is 200 g/mol. The topological polar surface area (TPSA) is 49.5 Å². The molecule has 0 aliphatic rings. The van der Waals surface area contributed by atoms with Crippen LogP contribution in [0.5, 0.6) is 0 Å². The molecule has 0 atom stereocenters. The highest BCUT2D eigenvalue weighted by Gasteiger charge is 1.95. The number of rotatable bonds is 8. The van der Waals surface area contributed by atoms with E-state index in [-0.39, 0.29) is 0 Å². The molecule has 1 aromatic rings. The normalized spacial score (nSPS) is 10.9. The molecule has 16 heavy (non-hydrogen) atoms. The second-order valence-electron chi connectivity index (χ2n) is 4.17. The molecule has 0 spiro atoms. The highest BCUT2D eigenvalue weighted by atomic mass is 16.5. The summed E-state index contributed by atoms with van der Waals surface area (Å²) in [4.78, 5) is 0. The molecular formula is C13H22N2O. The Morgan fingerprint density at radius 2 is 1.56 bits per heavy atom. The molecule has 3 nitrogen and oxygen atoms in total. The second kappa shape index (κ2) is 8.28. The minimum atomic E-state index is 0.568. The van der Waals surface area contributed by atoms with Gasteiger partial charge in [0, 0.05) is 6.54 Å². The maximum Gasteiger partial charge on any atom is 0.0396 e. The number of nitrogens with zero attached hydrogens (tertiary/aromatic N) is 1. The lowest BCUT2D eigenvalue weighted by Gasteiger charge is -2.06. The van der Waals surface area contributed by atoms with Gasteiger partial charge in [-0.25, -0.2) is 5.84 Å². The van der Waals surface area contributed by atoms with Crippen LogP contribution in [-0.4, -0.2) is 16.9 Å². The molecule has 3 heteroatoms. The first-order valence-corrected chi connectivity index (χ1v) is 6.04. The van der Waals surface area contributed by atoms with E-state index in [1.165, 1.54) is 31.2 Å². The van der Waals surface area contributed by atoms with Gasteiger partial charge in [-0.2, -0.15) is 0 Å². The van der Waals surface area contributed by atoms with E-state index in [2.05, 4.69) is 30.3 Å². The van der Waals surface area contributed by atoms with Crippen LogP contribution in [0.1, 0.15) is 37.7 Å². The van der Waals surface area contributed by atoms with Crippen LogP contribution in [0.2, 0.25) is 0 Å². The van der Waals surface area contributed by atoms with Crippen LogP contribution in [0.15, 0.2) is 30.3 Å². The van der Waals surface area contributed by atoms with Crippen LogP contribution < -0.4 is 5.84 Å². The van der Waals surface area contributed by atoms with E-state index in [0.29, 0.717) is 6.54 Å². The first kappa shape index (κ1) is 13.2. The number of unbranched alkanes of at least 4 members (excludes halogenated alkanes) is 4. The molecule has 0 unspecified atom stereocenters. The Hall–Kier alpha value is -0.900. The predicted octanol–water partition coefficient (Wildman–Crippen LogP) is 2.74. The van der Waals surface area contributed by atoms with E-state index < -0.39 is 0 Å². The van der Waals surface area contributed by atoms with Crippen molar-refractivity contribution < 1.29 is 5.21 Å². The quantitative estimate of drug-likeness (QED) is 0.404. The summed E-state index contributed by atoms with van der Waals surface area (Å²) in [5.41, 5.74) is 1.42. The molecule has 0 bridgehead atoms. The standard InChI is InChI=1S/C13H22N2O/c14-15(16)12-8-3-1-2-5-9-13-10-6-4-7-11-13/h4,6-7,10-11,16H,1-3,5,8-9,12,14H2. The number of aryl methyl sites for hydroxylation is 1. The van der Waals surface area contributed by atoms with Gasteiger partial charge in [0.15, 0.2) is 0 Å². The van der Waals surface area contributed by atoms with Gasteiger partial charge in [0.1, 0.15) is 0 Å². The van der Waals surface area contributed by atoms with Crippen molar-refractivity contribution in [2.24, 2.45) is 5.84 Å². The Balaban J connectivity index is 1.93. The summed E-state index contributed by atoms with van der Waals surface area (Å²) in [6.07, 6.45) is 7.01. The van der Waals surface area contributed by atoms with Crippen LogP contribution in [0.25, 0.3) is 0 Å². The zero-order valence-corrected chi connectivity index (χ0v) is 9.81. The lowest BCUT2D eigenvalue weighted by atomic mass is 10.1. The third kappa shape index (κ3) is 6.56. The molecule has 0 radical (unpaired) electrons. The maximum absolute atomic E-state index is 8.71. The Morgan fingerprint density at radius 1 is 0.938 bits per heavy atom. The van der Waals surface area contributed by atoms with Gasteiger partial charge in [-0.15, -0.1) is 5.17 Å². The fraction of sp³-hybridized carbons (Fsp3) is 0.538. The SMILES string of the molecule is NN(O)CCCCCCCc1ccccc1. The predicted molar refractivity (Wildman–Crippen MR) is 65.9 cm³/mol. The Bertz CT molecular complexity index is 262. The van der Waals surface area contributed by atoms with Gasteiger partial charge < -0.3 is 0 Å². The molecule has 1 rings (SSSR count). The Kier molecular flexibility index (Phi) is 6.81. The molecule has 0 heterocycles. The van der Waals surface area contributed by atoms with Crippen molar-refractivity contribution in [2.75, 3.05) is 6.54 Å². The van der Waals surface area contributed by atoms with E-state index in [1.54, 1.807) is 0 Å². The number of hydrazine groups is 1. The van der Waals surface area contributed by atoms with Gasteiger partial charge in [0.25, 0.3) is 0 Å². The van der Waals surface area contributed by atoms with Gasteiger partial charge >= 0.3 is 0 Å². The summed E-state index contributed by atoms with van der Waals surface area (Å²) in [7, 11) is 0. The second-order valence-corrected chi connectivity index (χ2v) is 4.17. The smallest absolute Gasteiger partial charge is 0.0396 e. The van der Waals surface area contributed by atoms with E-state index in [4.69, 9.17) is 11.0 Å². The molecule has 90 valence electrons. The molecule has 0 saturated heterocycles. The summed E-state index contributed by atoms with van der Waals surface area (Å²) in [6, 6.07) is 10.6. The first-order valence-electron chi connectivity index (χ1n) is 6.04. The van der Waals surface area contributed by atoms with E-state index in [1.807, 2.05) is 0 Å². The summed E-state index contributed by atoms with van der Waals surface area (Å²) in [5, 5.41) is 9.48. The van der Waals surface area contributed by atoms with Crippen molar-refractivity contribution in [3.05, 3.63) is 35.9 Å². The lowest BCUT2D eigenvalue weighted by Crippen LogP contribution is -2.27. The average molecular weight is 222 g/mol. The minimum absolute atomic E-state index is 0.568. The average Bonchev–Trinajstić information content (AvgIpc) is 2.29. The maximum atomic E-state index is 8.71. The highest BCUT2D eigenvalue weighted by Crippen LogP contribution is 2.08. The van der Waals surface area contributed by atoms with Gasteiger partial charge in [0.2, 0.25) is 0 Å². The van der Waals surface area contributed by atoms with Gasteiger partial charge in [-0.3, -0.25) is 5.21 Å². The monoisotopic (exact) mass is 222 g/mol. The fourth-order valence-electron chi connectivity index (χ4n) is 1.78. The molecule has 3 N–H and O–H groups in total. The Labute approximate surface area is 97.8 Å². The third-order valence-corrected chi connectivity index (χ3v) is 2.70. The van der Waals surface area contributed by atoms with Crippen molar-refractivity contribution in [1.82, 2.24) is 5.17 Å². The summed E-state index contributed by atoms with van der Waals surface area (Å²) in [6.45, 7) is 0.568. The number of benzene rings is 1. The molecule has 0 aliphatic heterocycles. The molecule has 0 aromatic heterocycles. The summed E-state index contributed by atoms with van der Waals surface area (Å²) in [5.74, 6) is 5.10. The van der Waals surface area contributed by atoms with Crippen LogP contribution in [0.3, 0.4) is 0 Å². The van der Waals surface area contributed by atoms with Crippen LogP contribution in [0.4, 0.5) is 0 Å². The molecule has 1 aromatic carbocycles. The fourth-order valence-corrected chi connectivity index (χ4v) is 1.78. The molecule has 0 saturated carbocycles. The van der Waals surface area contributed by atoms with Crippen LogP contribution >= 0.6 is 0 Å². The minimum Gasteiger partial charge on any atom is -0.299 e. The number of hydroxylamine groups is 1. The van der Waals surface area contributed by atoms with Crippen molar-refractivity contribution in [3.8, 4) is 0 Å². The van der Waals surface area contributed by atoms with Gasteiger partial charge in [-0.1, -0.05) is 49.6 Å². The number of nitrogens with two attached hydrogens (primary N) is 1. The summed E-state index contributed by atoms with van der Waals surface area (Å²) < 4.78 is 0. The van der Waals surface area contributed by atoms with Gasteiger partial charge in [0.05, 0.1) is 0 Å². The summed E-state index contributed by atoms with van der Waals surface area (Å²) >= 11 is 0. The number of hydrogen-bond donors (Lipinski definition) is 2. The van der Waals surface area contributed by atoms with E-state index in [9.17, 15) is 0 Å². The van der Waals surface area contributed by atoms with E-state index >= 15 is 0 Å². The molecule has 0 aliphatic carbocycles. The largest absolute Gasteiger partial charge is 0.299 e. The lowest BCUT2D eigenvalue weighted by molar-refractivity contribution is -0.0939. The number of hydrogen-bond acceptors (Lipinski definition) is 3. The highest BCUT2D eigenvalue weighted by molar-refractivity contribution is 5.14. The molecule has 0 fully saturated rings. The van der Waals surface area contributed by atoms with Crippen molar-refractivity contribution in [3.63, 3.8) is 0 Å². The van der Waals surface area contributed by atoms with Crippen molar-refractivity contribution in [1.29, 1.82) is 0 Å². The van der Waals surface area contributed by atoms with E-state index in [0.717, 1.165) is 18.0 Å². The Morgan fingerprint density at radius 3 is 2.25 bits per heavy atom. The zero-order valence-electron chi connectivity index (χ0n) is 9.81. The van der Waals surface area contributed by atoms with Crippen molar-refractivity contribution in [2.45, 2.75) is 38.5 Å². The van der Waals surface area contributed by atoms with Crippen LogP contribution in [0, 0.1) is 0 Å². The zero-order chi connectivity index (χ0) is 11.6. The van der Waals surface area contributed by atoms with Crippen LogP contribution in [-0.2, 0) is 6.42 Å². The molecule has 0 amide bonds. The van der Waals surface area contributed by atoms with Gasteiger partial charge in [-0.05, 0) is 24.8 Å². The first-order chi connectivity index (χ1) is 7.79. The van der Waals surface area contributed by atoms with Crippen molar-refractivity contribution >= 4 is 0 Å².